The summed E-state index contributed by atoms with van der Waals surface area (Å²) in [5.74, 6) is 0.578. The van der Waals surface area contributed by atoms with Crippen LogP contribution in [0.1, 0.15) is 31.9 Å². The summed E-state index contributed by atoms with van der Waals surface area (Å²) in [6.07, 6.45) is 1.87. The summed E-state index contributed by atoms with van der Waals surface area (Å²) in [4.78, 5) is 17.8. The molecular formula is C21H18BrN3OS. The van der Waals surface area contributed by atoms with E-state index in [2.05, 4.69) is 58.9 Å². The maximum atomic E-state index is 12.7. The second kappa shape index (κ2) is 6.69. The molecule has 0 bridgehead atoms. The van der Waals surface area contributed by atoms with Gasteiger partial charge in [0.2, 0.25) is 4.96 Å². The first-order chi connectivity index (χ1) is 12.8. The molecule has 4 nitrogen and oxygen atoms in total. The molecule has 0 spiro atoms. The zero-order chi connectivity index (χ0) is 19.2. The second-order valence-corrected chi connectivity index (χ2v) is 9.35. The predicted molar refractivity (Wildman–Crippen MR) is 114 cm³/mol. The summed E-state index contributed by atoms with van der Waals surface area (Å²) < 4.78 is 3.02. The number of rotatable bonds is 2. The van der Waals surface area contributed by atoms with Crippen molar-refractivity contribution >= 4 is 38.3 Å². The molecule has 4 rings (SSSR count). The molecule has 0 aliphatic rings. The van der Waals surface area contributed by atoms with Crippen molar-refractivity contribution in [2.24, 2.45) is 0 Å². The van der Waals surface area contributed by atoms with Crippen LogP contribution in [0.25, 0.3) is 22.4 Å². The highest BCUT2D eigenvalue weighted by molar-refractivity contribution is 9.10. The standard InChI is InChI=1S/C21H18BrN3OS/c1-21(2,3)15-8-6-14(7-9-15)18-23-20-25(24-18)19(26)17(27-20)12-13-4-10-16(22)11-5-13/h4-12H,1-3H3/b17-12-. The lowest BCUT2D eigenvalue weighted by atomic mass is 9.87. The van der Waals surface area contributed by atoms with Crippen LogP contribution in [-0.4, -0.2) is 14.6 Å². The number of benzene rings is 2. The molecule has 0 aliphatic carbocycles. The highest BCUT2D eigenvalue weighted by Gasteiger charge is 2.15. The van der Waals surface area contributed by atoms with E-state index in [1.807, 2.05) is 42.5 Å². The minimum absolute atomic E-state index is 0.0977. The van der Waals surface area contributed by atoms with Gasteiger partial charge in [0, 0.05) is 10.0 Å². The van der Waals surface area contributed by atoms with Gasteiger partial charge < -0.3 is 0 Å². The Morgan fingerprint density at radius 3 is 2.30 bits per heavy atom. The van der Waals surface area contributed by atoms with Gasteiger partial charge in [-0.25, -0.2) is 0 Å². The van der Waals surface area contributed by atoms with Gasteiger partial charge in [-0.2, -0.15) is 9.50 Å². The van der Waals surface area contributed by atoms with Crippen LogP contribution in [0.2, 0.25) is 0 Å². The highest BCUT2D eigenvalue weighted by Crippen LogP contribution is 2.25. The molecule has 0 atom stereocenters. The van der Waals surface area contributed by atoms with Gasteiger partial charge >= 0.3 is 0 Å². The van der Waals surface area contributed by atoms with E-state index in [1.54, 1.807) is 0 Å². The third-order valence-electron chi connectivity index (χ3n) is 4.36. The van der Waals surface area contributed by atoms with Gasteiger partial charge in [-0.1, -0.05) is 84.4 Å². The summed E-state index contributed by atoms with van der Waals surface area (Å²) in [5, 5.41) is 4.43. The zero-order valence-electron chi connectivity index (χ0n) is 15.2. The second-order valence-electron chi connectivity index (χ2n) is 7.42. The topological polar surface area (TPSA) is 47.3 Å². The van der Waals surface area contributed by atoms with Gasteiger partial charge in [0.05, 0.1) is 4.53 Å². The third kappa shape index (κ3) is 3.59. The molecule has 0 radical (unpaired) electrons. The first kappa shape index (κ1) is 18.1. The van der Waals surface area contributed by atoms with Crippen molar-refractivity contribution < 1.29 is 0 Å². The molecule has 0 aliphatic heterocycles. The molecule has 2 aromatic heterocycles. The van der Waals surface area contributed by atoms with Gasteiger partial charge in [-0.05, 0) is 34.8 Å². The fourth-order valence-corrected chi connectivity index (χ4v) is 3.96. The number of nitrogens with zero attached hydrogens (tertiary/aromatic N) is 3. The van der Waals surface area contributed by atoms with Crippen molar-refractivity contribution in [2.75, 3.05) is 0 Å². The summed E-state index contributed by atoms with van der Waals surface area (Å²) in [6.45, 7) is 6.54. The first-order valence-corrected chi connectivity index (χ1v) is 10.2. The Balaban J connectivity index is 1.72. The number of halogens is 1. The molecule has 0 unspecified atom stereocenters. The van der Waals surface area contributed by atoms with Gasteiger partial charge in [-0.15, -0.1) is 5.10 Å². The molecule has 0 amide bonds. The molecule has 2 aromatic carbocycles. The lowest BCUT2D eigenvalue weighted by Gasteiger charge is -2.18. The lowest BCUT2D eigenvalue weighted by Crippen LogP contribution is -2.23. The van der Waals surface area contributed by atoms with E-state index in [0.717, 1.165) is 15.6 Å². The fourth-order valence-electron chi connectivity index (χ4n) is 2.79. The number of hydrogen-bond donors (Lipinski definition) is 0. The van der Waals surface area contributed by atoms with Crippen LogP contribution in [0.15, 0.2) is 57.8 Å². The molecule has 27 heavy (non-hydrogen) atoms. The van der Waals surface area contributed by atoms with Crippen LogP contribution in [0, 0.1) is 0 Å². The van der Waals surface area contributed by atoms with E-state index in [9.17, 15) is 4.79 Å². The molecule has 0 saturated carbocycles. The zero-order valence-corrected chi connectivity index (χ0v) is 17.6. The van der Waals surface area contributed by atoms with Crippen molar-refractivity contribution in [3.8, 4) is 11.4 Å². The number of hydrogen-bond acceptors (Lipinski definition) is 4. The third-order valence-corrected chi connectivity index (χ3v) is 5.85. The lowest BCUT2D eigenvalue weighted by molar-refractivity contribution is 0.590. The molecule has 0 fully saturated rings. The van der Waals surface area contributed by atoms with Crippen LogP contribution in [0.3, 0.4) is 0 Å². The smallest absolute Gasteiger partial charge is 0.266 e. The Morgan fingerprint density at radius 1 is 1.04 bits per heavy atom. The van der Waals surface area contributed by atoms with Crippen molar-refractivity contribution in [3.05, 3.63) is 79.0 Å². The Morgan fingerprint density at radius 2 is 1.70 bits per heavy atom. The summed E-state index contributed by atoms with van der Waals surface area (Å²) in [6, 6.07) is 16.0. The fraction of sp³-hybridized carbons (Fsp3) is 0.190. The quantitative estimate of drug-likeness (QED) is 0.464. The molecular weight excluding hydrogens is 422 g/mol. The number of fused-ring (bicyclic) bond motifs is 1. The monoisotopic (exact) mass is 439 g/mol. The van der Waals surface area contributed by atoms with Crippen LogP contribution < -0.4 is 10.1 Å². The van der Waals surface area contributed by atoms with Crippen LogP contribution in [-0.2, 0) is 5.41 Å². The average Bonchev–Trinajstić information content (AvgIpc) is 3.16. The molecule has 2 heterocycles. The van der Waals surface area contributed by atoms with E-state index in [-0.39, 0.29) is 11.0 Å². The van der Waals surface area contributed by atoms with Crippen LogP contribution in [0.5, 0.6) is 0 Å². The van der Waals surface area contributed by atoms with Crippen molar-refractivity contribution in [2.45, 2.75) is 26.2 Å². The molecule has 0 N–H and O–H groups in total. The molecule has 4 aromatic rings. The van der Waals surface area contributed by atoms with Gasteiger partial charge in [0.1, 0.15) is 0 Å². The largest absolute Gasteiger partial charge is 0.291 e. The minimum atomic E-state index is -0.136. The number of thiazole rings is 1. The summed E-state index contributed by atoms with van der Waals surface area (Å²) in [7, 11) is 0. The summed E-state index contributed by atoms with van der Waals surface area (Å²) in [5.41, 5.74) is 3.10. The van der Waals surface area contributed by atoms with E-state index in [4.69, 9.17) is 0 Å². The van der Waals surface area contributed by atoms with E-state index in [0.29, 0.717) is 15.3 Å². The molecule has 0 saturated heterocycles. The SMILES string of the molecule is CC(C)(C)c1ccc(-c2nc3s/c(=C\c4ccc(Br)cc4)c(=O)n3n2)cc1. The maximum absolute atomic E-state index is 12.7. The van der Waals surface area contributed by atoms with E-state index < -0.39 is 0 Å². The summed E-state index contributed by atoms with van der Waals surface area (Å²) >= 11 is 4.77. The van der Waals surface area contributed by atoms with Crippen molar-refractivity contribution in [1.82, 2.24) is 14.6 Å². The van der Waals surface area contributed by atoms with E-state index >= 15 is 0 Å². The first-order valence-electron chi connectivity index (χ1n) is 8.59. The highest BCUT2D eigenvalue weighted by atomic mass is 79.9. The molecule has 136 valence electrons. The van der Waals surface area contributed by atoms with Gasteiger partial charge in [-0.3, -0.25) is 4.79 Å². The molecule has 6 heteroatoms. The number of aromatic nitrogens is 3. The Labute approximate surface area is 169 Å². The maximum Gasteiger partial charge on any atom is 0.291 e. The predicted octanol–water partition coefficient (Wildman–Crippen LogP) is 4.43. The van der Waals surface area contributed by atoms with Crippen molar-refractivity contribution in [3.63, 3.8) is 0 Å². The van der Waals surface area contributed by atoms with E-state index in [1.165, 1.54) is 21.4 Å². The van der Waals surface area contributed by atoms with Crippen LogP contribution in [0.4, 0.5) is 0 Å². The minimum Gasteiger partial charge on any atom is -0.266 e. The Hall–Kier alpha value is -2.31. The van der Waals surface area contributed by atoms with Gasteiger partial charge in [0.15, 0.2) is 5.82 Å². The van der Waals surface area contributed by atoms with Gasteiger partial charge in [0.25, 0.3) is 5.56 Å². The Kier molecular flexibility index (Phi) is 4.48. The normalized spacial score (nSPS) is 12.8. The van der Waals surface area contributed by atoms with Crippen LogP contribution >= 0.6 is 27.3 Å². The average molecular weight is 440 g/mol. The Bertz CT molecular complexity index is 1220. The van der Waals surface area contributed by atoms with Crippen molar-refractivity contribution in [1.29, 1.82) is 0 Å².